The fourth-order valence-electron chi connectivity index (χ4n) is 1.61. The minimum absolute atomic E-state index is 0.0863. The standard InChI is InChI=1S/C13H11ClN2O2/c1-15(11-4-2-10(14)3-5-11)12-6-8-13(9-7-12)16(17)18/h2-9H,1H3. The van der Waals surface area contributed by atoms with Gasteiger partial charge in [-0.3, -0.25) is 10.1 Å². The molecule has 0 spiro atoms. The van der Waals surface area contributed by atoms with E-state index in [1.54, 1.807) is 24.3 Å². The lowest BCUT2D eigenvalue weighted by atomic mass is 10.2. The summed E-state index contributed by atoms with van der Waals surface area (Å²) < 4.78 is 0. The molecule has 0 saturated heterocycles. The molecule has 92 valence electrons. The lowest BCUT2D eigenvalue weighted by Gasteiger charge is -2.19. The van der Waals surface area contributed by atoms with Crippen molar-refractivity contribution < 1.29 is 4.92 Å². The molecule has 0 radical (unpaired) electrons. The fourth-order valence-corrected chi connectivity index (χ4v) is 1.74. The van der Waals surface area contributed by atoms with Gasteiger partial charge in [-0.15, -0.1) is 0 Å². The molecule has 2 aromatic carbocycles. The number of nitrogens with zero attached hydrogens (tertiary/aromatic N) is 2. The van der Waals surface area contributed by atoms with Gasteiger partial charge >= 0.3 is 0 Å². The van der Waals surface area contributed by atoms with Crippen LogP contribution in [-0.2, 0) is 0 Å². The highest BCUT2D eigenvalue weighted by atomic mass is 35.5. The molecule has 2 rings (SSSR count). The Hall–Kier alpha value is -2.07. The number of hydrogen-bond donors (Lipinski definition) is 0. The van der Waals surface area contributed by atoms with E-state index in [1.807, 2.05) is 24.1 Å². The van der Waals surface area contributed by atoms with Crippen molar-refractivity contribution in [2.24, 2.45) is 0 Å². The zero-order chi connectivity index (χ0) is 13.1. The van der Waals surface area contributed by atoms with Crippen molar-refractivity contribution in [1.82, 2.24) is 0 Å². The molecule has 0 atom stereocenters. The van der Waals surface area contributed by atoms with Crippen LogP contribution in [0.2, 0.25) is 5.02 Å². The van der Waals surface area contributed by atoms with Crippen molar-refractivity contribution in [3.63, 3.8) is 0 Å². The first-order valence-corrected chi connectivity index (χ1v) is 5.69. The van der Waals surface area contributed by atoms with E-state index in [9.17, 15) is 10.1 Å². The topological polar surface area (TPSA) is 46.4 Å². The summed E-state index contributed by atoms with van der Waals surface area (Å²) in [5.41, 5.74) is 1.93. The van der Waals surface area contributed by atoms with Crippen LogP contribution in [0.3, 0.4) is 0 Å². The molecule has 4 nitrogen and oxygen atoms in total. The number of rotatable bonds is 3. The predicted octanol–water partition coefficient (Wildman–Crippen LogP) is 4.02. The van der Waals surface area contributed by atoms with Crippen LogP contribution in [-0.4, -0.2) is 12.0 Å². The SMILES string of the molecule is CN(c1ccc(Cl)cc1)c1ccc([N+](=O)[O-])cc1. The van der Waals surface area contributed by atoms with E-state index in [0.717, 1.165) is 11.4 Å². The first-order chi connectivity index (χ1) is 8.58. The van der Waals surface area contributed by atoms with Gasteiger partial charge in [-0.05, 0) is 36.4 Å². The molecule has 2 aromatic rings. The molecule has 0 unspecified atom stereocenters. The van der Waals surface area contributed by atoms with Gasteiger partial charge in [0.25, 0.3) is 5.69 Å². The molecule has 0 fully saturated rings. The maximum atomic E-state index is 10.6. The predicted molar refractivity (Wildman–Crippen MR) is 72.6 cm³/mol. The molecule has 5 heteroatoms. The second-order valence-corrected chi connectivity index (χ2v) is 4.25. The minimum atomic E-state index is -0.411. The van der Waals surface area contributed by atoms with E-state index in [4.69, 9.17) is 11.6 Å². The number of halogens is 1. The number of anilines is 2. The van der Waals surface area contributed by atoms with Gasteiger partial charge < -0.3 is 4.90 Å². The second kappa shape index (κ2) is 5.06. The van der Waals surface area contributed by atoms with E-state index in [0.29, 0.717) is 5.02 Å². The zero-order valence-electron chi connectivity index (χ0n) is 9.71. The first kappa shape index (κ1) is 12.4. The maximum absolute atomic E-state index is 10.6. The van der Waals surface area contributed by atoms with Crippen LogP contribution >= 0.6 is 11.6 Å². The summed E-state index contributed by atoms with van der Waals surface area (Å²) in [6.45, 7) is 0. The van der Waals surface area contributed by atoms with Crippen LogP contribution in [0.25, 0.3) is 0 Å². The van der Waals surface area contributed by atoms with Gasteiger partial charge in [-0.2, -0.15) is 0 Å². The van der Waals surface area contributed by atoms with E-state index < -0.39 is 4.92 Å². The first-order valence-electron chi connectivity index (χ1n) is 5.31. The van der Waals surface area contributed by atoms with Crippen LogP contribution in [0.1, 0.15) is 0 Å². The summed E-state index contributed by atoms with van der Waals surface area (Å²) in [5.74, 6) is 0. The summed E-state index contributed by atoms with van der Waals surface area (Å²) in [6, 6.07) is 13.8. The molecule has 0 saturated carbocycles. The Labute approximate surface area is 110 Å². The van der Waals surface area contributed by atoms with Gasteiger partial charge in [0.1, 0.15) is 0 Å². The largest absolute Gasteiger partial charge is 0.345 e. The highest BCUT2D eigenvalue weighted by molar-refractivity contribution is 6.30. The zero-order valence-corrected chi connectivity index (χ0v) is 10.5. The number of non-ortho nitro benzene ring substituents is 1. The molecule has 0 amide bonds. The molecule has 0 aliphatic rings. The molecular weight excluding hydrogens is 252 g/mol. The van der Waals surface area contributed by atoms with Crippen molar-refractivity contribution in [3.05, 3.63) is 63.7 Å². The van der Waals surface area contributed by atoms with Crippen LogP contribution in [0.4, 0.5) is 17.1 Å². The van der Waals surface area contributed by atoms with Gasteiger partial charge in [0, 0.05) is 35.6 Å². The molecule has 0 aromatic heterocycles. The molecule has 0 bridgehead atoms. The lowest BCUT2D eigenvalue weighted by molar-refractivity contribution is -0.384. The molecule has 18 heavy (non-hydrogen) atoms. The van der Waals surface area contributed by atoms with Crippen molar-refractivity contribution in [2.45, 2.75) is 0 Å². The smallest absolute Gasteiger partial charge is 0.269 e. The van der Waals surface area contributed by atoms with Crippen LogP contribution < -0.4 is 4.90 Å². The number of nitro groups is 1. The van der Waals surface area contributed by atoms with Gasteiger partial charge in [0.2, 0.25) is 0 Å². The van der Waals surface area contributed by atoms with E-state index in [2.05, 4.69) is 0 Å². The molecule has 0 aliphatic heterocycles. The van der Waals surface area contributed by atoms with Crippen molar-refractivity contribution in [1.29, 1.82) is 0 Å². The van der Waals surface area contributed by atoms with E-state index in [-0.39, 0.29) is 5.69 Å². The summed E-state index contributed by atoms with van der Waals surface area (Å²) in [7, 11) is 1.89. The number of nitro benzene ring substituents is 1. The monoisotopic (exact) mass is 262 g/mol. The molecule has 0 N–H and O–H groups in total. The second-order valence-electron chi connectivity index (χ2n) is 3.81. The van der Waals surface area contributed by atoms with Crippen LogP contribution in [0.15, 0.2) is 48.5 Å². The highest BCUT2D eigenvalue weighted by Crippen LogP contribution is 2.26. The summed E-state index contributed by atoms with van der Waals surface area (Å²) in [5, 5.41) is 11.2. The van der Waals surface area contributed by atoms with E-state index >= 15 is 0 Å². The van der Waals surface area contributed by atoms with Crippen LogP contribution in [0, 0.1) is 10.1 Å². The van der Waals surface area contributed by atoms with Gasteiger partial charge in [0.05, 0.1) is 4.92 Å². The van der Waals surface area contributed by atoms with Crippen molar-refractivity contribution in [2.75, 3.05) is 11.9 Å². The normalized spacial score (nSPS) is 10.1. The third-order valence-electron chi connectivity index (χ3n) is 2.66. The van der Waals surface area contributed by atoms with Gasteiger partial charge in [-0.25, -0.2) is 0 Å². The average Bonchev–Trinajstić information content (AvgIpc) is 2.39. The highest BCUT2D eigenvalue weighted by Gasteiger charge is 2.07. The quantitative estimate of drug-likeness (QED) is 0.620. The van der Waals surface area contributed by atoms with Gasteiger partial charge in [0.15, 0.2) is 0 Å². The Balaban J connectivity index is 2.25. The third kappa shape index (κ3) is 2.60. The lowest BCUT2D eigenvalue weighted by Crippen LogP contribution is -2.08. The van der Waals surface area contributed by atoms with Crippen molar-refractivity contribution >= 4 is 28.7 Å². The summed E-state index contributed by atoms with van der Waals surface area (Å²) in [6.07, 6.45) is 0. The molecule has 0 aliphatic carbocycles. The number of hydrogen-bond acceptors (Lipinski definition) is 3. The fraction of sp³-hybridized carbons (Fsp3) is 0.0769. The number of benzene rings is 2. The van der Waals surface area contributed by atoms with Crippen LogP contribution in [0.5, 0.6) is 0 Å². The average molecular weight is 263 g/mol. The molecular formula is C13H11ClN2O2. The Bertz CT molecular complexity index is 552. The Morgan fingerprint density at radius 2 is 1.44 bits per heavy atom. The van der Waals surface area contributed by atoms with E-state index in [1.165, 1.54) is 12.1 Å². The van der Waals surface area contributed by atoms with Gasteiger partial charge in [-0.1, -0.05) is 11.6 Å². The third-order valence-corrected chi connectivity index (χ3v) is 2.91. The Morgan fingerprint density at radius 1 is 1.00 bits per heavy atom. The minimum Gasteiger partial charge on any atom is -0.345 e. The summed E-state index contributed by atoms with van der Waals surface area (Å²) >= 11 is 5.82. The Kier molecular flexibility index (Phi) is 3.48. The van der Waals surface area contributed by atoms with Crippen molar-refractivity contribution in [3.8, 4) is 0 Å². The summed E-state index contributed by atoms with van der Waals surface area (Å²) in [4.78, 5) is 12.1. The maximum Gasteiger partial charge on any atom is 0.269 e. The Morgan fingerprint density at radius 3 is 1.89 bits per heavy atom. The molecule has 0 heterocycles.